The fraction of sp³-hybridized carbons (Fsp3) is 0. The van der Waals surface area contributed by atoms with Crippen molar-refractivity contribution >= 4 is 29.1 Å². The Bertz CT molecular complexity index is 683. The summed E-state index contributed by atoms with van der Waals surface area (Å²) < 4.78 is 0. The highest BCUT2D eigenvalue weighted by atomic mass is 35.5. The molecule has 0 spiro atoms. The average Bonchev–Trinajstić information content (AvgIpc) is 2.41. The van der Waals surface area contributed by atoms with E-state index in [1.165, 1.54) is 23.9 Å². The Morgan fingerprint density at radius 3 is 2.58 bits per heavy atom. The second kappa shape index (κ2) is 5.74. The molecule has 0 atom stereocenters. The maximum Gasteiger partial charge on any atom is 0.270 e. The zero-order chi connectivity index (χ0) is 13.8. The van der Waals surface area contributed by atoms with Crippen LogP contribution >= 0.6 is 23.4 Å². The van der Waals surface area contributed by atoms with Crippen LogP contribution < -0.4 is 0 Å². The molecule has 2 aromatic rings. The second-order valence-corrected chi connectivity index (χ2v) is 5.07. The van der Waals surface area contributed by atoms with E-state index in [1.54, 1.807) is 12.1 Å². The van der Waals surface area contributed by atoms with Crippen LogP contribution in [-0.4, -0.2) is 4.92 Å². The Morgan fingerprint density at radius 2 is 1.95 bits per heavy atom. The Balaban J connectivity index is 2.39. The maximum atomic E-state index is 10.7. The lowest BCUT2D eigenvalue weighted by Gasteiger charge is -2.05. The molecule has 0 N–H and O–H groups in total. The van der Waals surface area contributed by atoms with Gasteiger partial charge in [-0.1, -0.05) is 35.5 Å². The summed E-state index contributed by atoms with van der Waals surface area (Å²) in [6, 6.07) is 13.4. The molecule has 0 aliphatic carbocycles. The van der Waals surface area contributed by atoms with Gasteiger partial charge in [-0.15, -0.1) is 0 Å². The van der Waals surface area contributed by atoms with Crippen molar-refractivity contribution in [2.75, 3.05) is 0 Å². The Labute approximate surface area is 118 Å². The van der Waals surface area contributed by atoms with Gasteiger partial charge in [0.2, 0.25) is 0 Å². The molecule has 4 nitrogen and oxygen atoms in total. The molecule has 0 aromatic heterocycles. The zero-order valence-electron chi connectivity index (χ0n) is 9.54. The monoisotopic (exact) mass is 290 g/mol. The molecule has 0 aliphatic rings. The summed E-state index contributed by atoms with van der Waals surface area (Å²) in [5.41, 5.74) is 0.166. The van der Waals surface area contributed by atoms with Gasteiger partial charge >= 0.3 is 0 Å². The van der Waals surface area contributed by atoms with Crippen LogP contribution in [0, 0.1) is 21.4 Å². The first kappa shape index (κ1) is 13.4. The summed E-state index contributed by atoms with van der Waals surface area (Å²) >= 11 is 7.35. The van der Waals surface area contributed by atoms with E-state index in [1.807, 2.05) is 24.3 Å². The van der Waals surface area contributed by atoms with Crippen molar-refractivity contribution in [1.29, 1.82) is 5.26 Å². The summed E-state index contributed by atoms with van der Waals surface area (Å²) in [6.45, 7) is 0. The molecule has 94 valence electrons. The predicted octanol–water partition coefficient (Wildman–Crippen LogP) is 4.27. The van der Waals surface area contributed by atoms with Gasteiger partial charge in [0.15, 0.2) is 0 Å². The standard InChI is InChI=1S/C13H7ClN2O2S/c14-11-3-1-2-4-13(11)19-12-6-5-10(16(17)18)7-9(12)8-15/h1-7H. The van der Waals surface area contributed by atoms with Gasteiger partial charge in [0.25, 0.3) is 5.69 Å². The quantitative estimate of drug-likeness (QED) is 0.625. The third-order valence-corrected chi connectivity index (χ3v) is 3.94. The summed E-state index contributed by atoms with van der Waals surface area (Å²) in [6.07, 6.45) is 0. The molecule has 0 radical (unpaired) electrons. The third kappa shape index (κ3) is 3.05. The highest BCUT2D eigenvalue weighted by Gasteiger charge is 2.12. The van der Waals surface area contributed by atoms with E-state index in [0.717, 1.165) is 4.90 Å². The number of non-ortho nitro benzene ring substituents is 1. The molecule has 0 amide bonds. The van der Waals surface area contributed by atoms with Crippen molar-refractivity contribution in [1.82, 2.24) is 0 Å². The Hall–Kier alpha value is -2.03. The maximum absolute atomic E-state index is 10.7. The molecule has 0 unspecified atom stereocenters. The van der Waals surface area contributed by atoms with Gasteiger partial charge in [0, 0.05) is 21.9 Å². The van der Waals surface area contributed by atoms with Crippen LogP contribution in [0.5, 0.6) is 0 Å². The largest absolute Gasteiger partial charge is 0.270 e. The van der Waals surface area contributed by atoms with Crippen LogP contribution in [0.15, 0.2) is 52.3 Å². The third-order valence-electron chi connectivity index (χ3n) is 2.35. The van der Waals surface area contributed by atoms with Gasteiger partial charge in [-0.2, -0.15) is 5.26 Å². The van der Waals surface area contributed by atoms with Gasteiger partial charge in [0.1, 0.15) is 6.07 Å². The molecular formula is C13H7ClN2O2S. The first-order valence-electron chi connectivity index (χ1n) is 5.22. The summed E-state index contributed by atoms with van der Waals surface area (Å²) in [7, 11) is 0. The van der Waals surface area contributed by atoms with Crippen molar-refractivity contribution in [2.45, 2.75) is 9.79 Å². The molecule has 0 heterocycles. The first-order chi connectivity index (χ1) is 9.11. The summed E-state index contributed by atoms with van der Waals surface area (Å²) in [5, 5.41) is 20.3. The van der Waals surface area contributed by atoms with Crippen molar-refractivity contribution in [3.63, 3.8) is 0 Å². The lowest BCUT2D eigenvalue weighted by molar-refractivity contribution is -0.384. The molecule has 6 heteroatoms. The molecule has 0 bridgehead atoms. The number of benzene rings is 2. The minimum atomic E-state index is -0.523. The summed E-state index contributed by atoms with van der Waals surface area (Å²) in [5.74, 6) is 0. The van der Waals surface area contributed by atoms with E-state index in [4.69, 9.17) is 16.9 Å². The van der Waals surface area contributed by atoms with Crippen LogP contribution in [-0.2, 0) is 0 Å². The molecule has 0 aliphatic heterocycles. The minimum Gasteiger partial charge on any atom is -0.258 e. The minimum absolute atomic E-state index is 0.0972. The Morgan fingerprint density at radius 1 is 1.21 bits per heavy atom. The fourth-order valence-corrected chi connectivity index (χ4v) is 2.61. The van der Waals surface area contributed by atoms with Gasteiger partial charge in [-0.05, 0) is 18.2 Å². The molecule has 19 heavy (non-hydrogen) atoms. The van der Waals surface area contributed by atoms with E-state index in [9.17, 15) is 10.1 Å². The van der Waals surface area contributed by atoms with Crippen LogP contribution in [0.3, 0.4) is 0 Å². The molecule has 2 rings (SSSR count). The van der Waals surface area contributed by atoms with E-state index in [-0.39, 0.29) is 11.3 Å². The molecular weight excluding hydrogens is 284 g/mol. The van der Waals surface area contributed by atoms with Crippen molar-refractivity contribution < 1.29 is 4.92 Å². The smallest absolute Gasteiger partial charge is 0.258 e. The number of hydrogen-bond acceptors (Lipinski definition) is 4. The normalized spacial score (nSPS) is 9.89. The van der Waals surface area contributed by atoms with Crippen LogP contribution in [0.1, 0.15) is 5.56 Å². The van der Waals surface area contributed by atoms with Crippen LogP contribution in [0.2, 0.25) is 5.02 Å². The van der Waals surface area contributed by atoms with E-state index in [0.29, 0.717) is 9.92 Å². The lowest BCUT2D eigenvalue weighted by atomic mass is 10.2. The van der Waals surface area contributed by atoms with Crippen LogP contribution in [0.4, 0.5) is 5.69 Å². The van der Waals surface area contributed by atoms with Crippen molar-refractivity contribution in [3.05, 3.63) is 63.2 Å². The number of hydrogen-bond donors (Lipinski definition) is 0. The number of nitriles is 1. The van der Waals surface area contributed by atoms with Gasteiger partial charge in [0.05, 0.1) is 15.5 Å². The van der Waals surface area contributed by atoms with Gasteiger partial charge in [-0.25, -0.2) is 0 Å². The van der Waals surface area contributed by atoms with Crippen LogP contribution in [0.25, 0.3) is 0 Å². The summed E-state index contributed by atoms with van der Waals surface area (Å²) in [4.78, 5) is 11.6. The highest BCUT2D eigenvalue weighted by Crippen LogP contribution is 2.35. The number of rotatable bonds is 3. The zero-order valence-corrected chi connectivity index (χ0v) is 11.1. The SMILES string of the molecule is N#Cc1cc([N+](=O)[O-])ccc1Sc1ccccc1Cl. The topological polar surface area (TPSA) is 66.9 Å². The predicted molar refractivity (Wildman–Crippen MR) is 73.4 cm³/mol. The molecule has 0 saturated heterocycles. The Kier molecular flexibility index (Phi) is 4.05. The van der Waals surface area contributed by atoms with E-state index in [2.05, 4.69) is 0 Å². The molecule has 0 saturated carbocycles. The molecule has 2 aromatic carbocycles. The second-order valence-electron chi connectivity index (χ2n) is 3.58. The number of nitro groups is 1. The van der Waals surface area contributed by atoms with E-state index < -0.39 is 4.92 Å². The van der Waals surface area contributed by atoms with Gasteiger partial charge < -0.3 is 0 Å². The van der Waals surface area contributed by atoms with Crippen molar-refractivity contribution in [3.8, 4) is 6.07 Å². The lowest BCUT2D eigenvalue weighted by Crippen LogP contribution is -1.90. The highest BCUT2D eigenvalue weighted by molar-refractivity contribution is 7.99. The van der Waals surface area contributed by atoms with Crippen molar-refractivity contribution in [2.24, 2.45) is 0 Å². The van der Waals surface area contributed by atoms with Gasteiger partial charge in [-0.3, -0.25) is 10.1 Å². The average molecular weight is 291 g/mol. The number of nitro benzene ring substituents is 1. The number of halogens is 1. The first-order valence-corrected chi connectivity index (χ1v) is 6.42. The van der Waals surface area contributed by atoms with E-state index >= 15 is 0 Å². The molecule has 0 fully saturated rings. The number of nitrogens with zero attached hydrogens (tertiary/aromatic N) is 2. The fourth-order valence-electron chi connectivity index (χ4n) is 1.45.